The maximum Gasteiger partial charge on any atom is 0.434 e. The van der Waals surface area contributed by atoms with Crippen molar-refractivity contribution in [3.63, 3.8) is 0 Å². The van der Waals surface area contributed by atoms with E-state index in [9.17, 15) is 4.79 Å². The normalized spacial score (nSPS) is 14.8. The van der Waals surface area contributed by atoms with E-state index >= 15 is 0 Å². The van der Waals surface area contributed by atoms with Gasteiger partial charge in [-0.3, -0.25) is 0 Å². The Morgan fingerprint density at radius 3 is 2.64 bits per heavy atom. The smallest absolute Gasteiger partial charge is 0.434 e. The van der Waals surface area contributed by atoms with Crippen molar-refractivity contribution in [2.45, 2.75) is 25.7 Å². The first-order valence-corrected chi connectivity index (χ1v) is 9.42. The lowest BCUT2D eigenvalue weighted by Crippen LogP contribution is -2.21. The van der Waals surface area contributed by atoms with E-state index in [1.165, 1.54) is 66.8 Å². The van der Waals surface area contributed by atoms with E-state index < -0.39 is 6.09 Å². The first-order chi connectivity index (χ1) is 13.8. The fourth-order valence-electron chi connectivity index (χ4n) is 3.79. The van der Waals surface area contributed by atoms with E-state index in [1.807, 2.05) is 0 Å². The second-order valence-corrected chi connectivity index (χ2v) is 6.75. The molecular formula is C23H22N2O3. The predicted octanol–water partition coefficient (Wildman–Crippen LogP) is 5.37. The van der Waals surface area contributed by atoms with E-state index in [-0.39, 0.29) is 0 Å². The molecule has 3 aromatic rings. The molecule has 0 fully saturated rings. The SMILES string of the molecule is COC(=O)N1C=COC=N1.c1ccc2c(c1)ccc1c3c(ccc12)CCCC3. The van der Waals surface area contributed by atoms with Gasteiger partial charge in [-0.1, -0.05) is 48.5 Å². The molecule has 1 heterocycles. The lowest BCUT2D eigenvalue weighted by atomic mass is 9.86. The number of methoxy groups -OCH3 is 1. The van der Waals surface area contributed by atoms with E-state index in [2.05, 4.69) is 63.1 Å². The second-order valence-electron chi connectivity index (χ2n) is 6.75. The molecule has 2 aliphatic rings. The zero-order chi connectivity index (χ0) is 19.3. The second kappa shape index (κ2) is 8.13. The van der Waals surface area contributed by atoms with Crippen LogP contribution >= 0.6 is 0 Å². The van der Waals surface area contributed by atoms with Gasteiger partial charge in [0.25, 0.3) is 0 Å². The number of amides is 1. The van der Waals surface area contributed by atoms with Crippen LogP contribution in [0.4, 0.5) is 4.79 Å². The number of carbonyl (C=O) groups is 1. The van der Waals surface area contributed by atoms with Crippen molar-refractivity contribution in [1.29, 1.82) is 0 Å². The minimum absolute atomic E-state index is 0.546. The number of carbonyl (C=O) groups excluding carboxylic acids is 1. The Bertz CT molecular complexity index is 1060. The first kappa shape index (κ1) is 18.0. The number of rotatable bonds is 0. The molecule has 0 bridgehead atoms. The molecule has 0 atom stereocenters. The summed E-state index contributed by atoms with van der Waals surface area (Å²) in [6.07, 6.45) is 8.48. The Morgan fingerprint density at radius 2 is 1.82 bits per heavy atom. The Kier molecular flexibility index (Phi) is 5.24. The topological polar surface area (TPSA) is 51.1 Å². The highest BCUT2D eigenvalue weighted by molar-refractivity contribution is 6.08. The summed E-state index contributed by atoms with van der Waals surface area (Å²) in [5.74, 6) is 0. The predicted molar refractivity (Wildman–Crippen MR) is 111 cm³/mol. The minimum Gasteiger partial charge on any atom is -0.451 e. The number of hydrogen-bond acceptors (Lipinski definition) is 4. The van der Waals surface area contributed by atoms with Gasteiger partial charge in [-0.15, -0.1) is 5.10 Å². The maximum absolute atomic E-state index is 10.6. The van der Waals surface area contributed by atoms with Crippen LogP contribution < -0.4 is 0 Å². The van der Waals surface area contributed by atoms with Crippen LogP contribution in [-0.2, 0) is 22.3 Å². The van der Waals surface area contributed by atoms with Gasteiger partial charge in [0.1, 0.15) is 6.26 Å². The summed E-state index contributed by atoms with van der Waals surface area (Å²) in [7, 11) is 1.28. The van der Waals surface area contributed by atoms with Crippen LogP contribution in [0.25, 0.3) is 21.5 Å². The summed E-state index contributed by atoms with van der Waals surface area (Å²) in [5.41, 5.74) is 3.17. The molecule has 0 spiro atoms. The van der Waals surface area contributed by atoms with Crippen LogP contribution in [-0.4, -0.2) is 24.6 Å². The number of nitrogens with zero attached hydrogens (tertiary/aromatic N) is 2. The molecule has 5 nitrogen and oxygen atoms in total. The number of benzene rings is 3. The molecule has 0 saturated carbocycles. The number of hydrazone groups is 1. The molecule has 0 N–H and O–H groups in total. The highest BCUT2D eigenvalue weighted by atomic mass is 16.5. The fraction of sp³-hybridized carbons (Fsp3) is 0.217. The molecule has 5 rings (SSSR count). The lowest BCUT2D eigenvalue weighted by Gasteiger charge is -2.18. The van der Waals surface area contributed by atoms with Crippen LogP contribution in [0.5, 0.6) is 0 Å². The first-order valence-electron chi connectivity index (χ1n) is 9.42. The molecule has 0 aromatic heterocycles. The van der Waals surface area contributed by atoms with E-state index in [1.54, 1.807) is 11.1 Å². The van der Waals surface area contributed by atoms with Gasteiger partial charge in [0.05, 0.1) is 13.3 Å². The molecule has 3 aromatic carbocycles. The van der Waals surface area contributed by atoms with Gasteiger partial charge >= 0.3 is 6.09 Å². The molecule has 1 aliphatic heterocycles. The standard InChI is InChI=1S/C18H16.C5H6N2O3/c1-3-7-15-13(5-1)9-11-18-16-8-4-2-6-14(16)10-12-17(15)18;1-9-5(8)7-2-3-10-4-6-7/h1,3,5,7,9-12H,2,4,6,8H2;2-4H,1H3. The van der Waals surface area contributed by atoms with Crippen LogP contribution in [0.2, 0.25) is 0 Å². The fourth-order valence-corrected chi connectivity index (χ4v) is 3.79. The third-order valence-corrected chi connectivity index (χ3v) is 5.13. The maximum atomic E-state index is 10.6. The van der Waals surface area contributed by atoms with Crippen LogP contribution in [0, 0.1) is 0 Å². The summed E-state index contributed by atoms with van der Waals surface area (Å²) < 4.78 is 8.93. The third-order valence-electron chi connectivity index (χ3n) is 5.13. The highest BCUT2D eigenvalue weighted by Crippen LogP contribution is 2.33. The van der Waals surface area contributed by atoms with Crippen LogP contribution in [0.1, 0.15) is 24.0 Å². The lowest BCUT2D eigenvalue weighted by molar-refractivity contribution is 0.138. The monoisotopic (exact) mass is 374 g/mol. The van der Waals surface area contributed by atoms with Crippen molar-refractivity contribution in [2.75, 3.05) is 7.11 Å². The molecular weight excluding hydrogens is 352 g/mol. The van der Waals surface area contributed by atoms with E-state index in [4.69, 9.17) is 0 Å². The summed E-state index contributed by atoms with van der Waals surface area (Å²) in [4.78, 5) is 10.6. The largest absolute Gasteiger partial charge is 0.451 e. The molecule has 1 amide bonds. The third kappa shape index (κ3) is 3.56. The van der Waals surface area contributed by atoms with Crippen molar-refractivity contribution >= 4 is 34.0 Å². The minimum atomic E-state index is -0.546. The number of ether oxygens (including phenoxy) is 2. The van der Waals surface area contributed by atoms with Gasteiger partial charge in [0.15, 0.2) is 6.40 Å². The molecule has 0 radical (unpaired) electrons. The quantitative estimate of drug-likeness (QED) is 0.497. The van der Waals surface area contributed by atoms with Gasteiger partial charge in [-0.25, -0.2) is 4.79 Å². The average molecular weight is 374 g/mol. The summed E-state index contributed by atoms with van der Waals surface area (Å²) in [6.45, 7) is 0. The highest BCUT2D eigenvalue weighted by Gasteiger charge is 2.13. The van der Waals surface area contributed by atoms with Crippen molar-refractivity contribution in [3.8, 4) is 0 Å². The van der Waals surface area contributed by atoms with Crippen LogP contribution in [0.3, 0.4) is 0 Å². The molecule has 1 aliphatic carbocycles. The summed E-state index contributed by atoms with van der Waals surface area (Å²) in [6, 6.07) is 18.0. The Hall–Kier alpha value is -3.34. The van der Waals surface area contributed by atoms with E-state index in [0.717, 1.165) is 11.4 Å². The van der Waals surface area contributed by atoms with Crippen molar-refractivity contribution in [2.24, 2.45) is 5.10 Å². The Balaban J connectivity index is 0.000000165. The molecule has 5 heteroatoms. The van der Waals surface area contributed by atoms with Crippen molar-refractivity contribution in [1.82, 2.24) is 5.01 Å². The summed E-state index contributed by atoms with van der Waals surface area (Å²) >= 11 is 0. The van der Waals surface area contributed by atoms with Gasteiger partial charge < -0.3 is 9.47 Å². The van der Waals surface area contributed by atoms with Gasteiger partial charge in [-0.05, 0) is 58.4 Å². The summed E-state index contributed by atoms with van der Waals surface area (Å²) in [5, 5.41) is 10.2. The zero-order valence-electron chi connectivity index (χ0n) is 15.8. The Morgan fingerprint density at radius 1 is 1.00 bits per heavy atom. The van der Waals surface area contributed by atoms with Gasteiger partial charge in [0.2, 0.25) is 0 Å². The zero-order valence-corrected chi connectivity index (χ0v) is 15.8. The van der Waals surface area contributed by atoms with Crippen LogP contribution in [0.15, 0.2) is 66.1 Å². The van der Waals surface area contributed by atoms with Crippen molar-refractivity contribution in [3.05, 3.63) is 72.1 Å². The molecule has 0 saturated heterocycles. The number of hydrogen-bond donors (Lipinski definition) is 0. The molecule has 0 unspecified atom stereocenters. The molecule has 28 heavy (non-hydrogen) atoms. The molecule has 142 valence electrons. The van der Waals surface area contributed by atoms with Crippen molar-refractivity contribution < 1.29 is 14.3 Å². The number of fused-ring (bicyclic) bond motifs is 5. The van der Waals surface area contributed by atoms with Gasteiger partial charge in [-0.2, -0.15) is 5.01 Å². The Labute approximate surface area is 163 Å². The van der Waals surface area contributed by atoms with E-state index in [0.29, 0.717) is 0 Å². The number of aryl methyl sites for hydroxylation is 2. The van der Waals surface area contributed by atoms with Gasteiger partial charge in [0, 0.05) is 0 Å². The average Bonchev–Trinajstić information content (AvgIpc) is 2.79.